The maximum Gasteiger partial charge on any atom is 0.254 e. The van der Waals surface area contributed by atoms with Crippen molar-refractivity contribution in [1.82, 2.24) is 10.6 Å². The Hall–Kier alpha value is -2.87. The van der Waals surface area contributed by atoms with Crippen LogP contribution in [0.2, 0.25) is 0 Å². The van der Waals surface area contributed by atoms with E-state index >= 15 is 0 Å². The second kappa shape index (κ2) is 9.56. The van der Waals surface area contributed by atoms with Crippen molar-refractivity contribution in [2.24, 2.45) is 5.92 Å². The van der Waals surface area contributed by atoms with Crippen molar-refractivity contribution in [2.75, 3.05) is 30.8 Å². The van der Waals surface area contributed by atoms with Crippen molar-refractivity contribution in [3.63, 3.8) is 0 Å². The number of anilines is 1. The molecule has 3 rings (SSSR count). The molecule has 2 aromatic rings. The number of carbonyl (C=O) groups excluding carboxylic acids is 3. The number of halogens is 1. The molecule has 8 heteroatoms. The summed E-state index contributed by atoms with van der Waals surface area (Å²) in [5.74, 6) is -1.89. The van der Waals surface area contributed by atoms with Crippen LogP contribution in [0.5, 0.6) is 0 Å². The smallest absolute Gasteiger partial charge is 0.254 e. The molecule has 0 aliphatic carbocycles. The Bertz CT molecular complexity index is 904. The van der Waals surface area contributed by atoms with E-state index in [0.29, 0.717) is 6.54 Å². The average Bonchev–Trinajstić information content (AvgIpc) is 3.13. The Balaban J connectivity index is 1.45. The van der Waals surface area contributed by atoms with Crippen molar-refractivity contribution >= 4 is 35.2 Å². The molecule has 1 fully saturated rings. The van der Waals surface area contributed by atoms with Crippen LogP contribution in [-0.4, -0.2) is 43.6 Å². The third-order valence-electron chi connectivity index (χ3n) is 4.71. The first-order chi connectivity index (χ1) is 14.0. The van der Waals surface area contributed by atoms with Gasteiger partial charge in [-0.25, -0.2) is 4.39 Å². The van der Waals surface area contributed by atoms with Gasteiger partial charge in [-0.05, 0) is 42.7 Å². The molecule has 1 atom stereocenters. The summed E-state index contributed by atoms with van der Waals surface area (Å²) in [6, 6.07) is 13.3. The third-order valence-corrected chi connectivity index (χ3v) is 5.45. The fraction of sp³-hybridized carbons (Fsp3) is 0.286. The first-order valence-electron chi connectivity index (χ1n) is 9.24. The zero-order valence-corrected chi connectivity index (χ0v) is 16.8. The van der Waals surface area contributed by atoms with Crippen LogP contribution in [0.3, 0.4) is 0 Å². The molecule has 0 bridgehead atoms. The van der Waals surface area contributed by atoms with E-state index in [2.05, 4.69) is 10.6 Å². The average molecular weight is 415 g/mol. The Morgan fingerprint density at radius 3 is 2.48 bits per heavy atom. The largest absolute Gasteiger partial charge is 0.354 e. The van der Waals surface area contributed by atoms with Gasteiger partial charge in [0.1, 0.15) is 5.82 Å². The molecular weight excluding hydrogens is 393 g/mol. The van der Waals surface area contributed by atoms with Gasteiger partial charge in [-0.3, -0.25) is 14.4 Å². The fourth-order valence-electron chi connectivity index (χ4n) is 3.14. The number of carbonyl (C=O) groups is 3. The molecule has 6 nitrogen and oxygen atoms in total. The van der Waals surface area contributed by atoms with Crippen LogP contribution in [0.15, 0.2) is 53.4 Å². The highest BCUT2D eigenvalue weighted by molar-refractivity contribution is 7.98. The summed E-state index contributed by atoms with van der Waals surface area (Å²) in [7, 11) is 0. The van der Waals surface area contributed by atoms with Gasteiger partial charge >= 0.3 is 0 Å². The topological polar surface area (TPSA) is 78.5 Å². The molecule has 3 amide bonds. The Morgan fingerprint density at radius 1 is 1.10 bits per heavy atom. The predicted octanol–water partition coefficient (Wildman–Crippen LogP) is 2.45. The lowest BCUT2D eigenvalue weighted by molar-refractivity contribution is -0.126. The number of benzene rings is 2. The van der Waals surface area contributed by atoms with Gasteiger partial charge in [0.15, 0.2) is 0 Å². The van der Waals surface area contributed by atoms with Gasteiger partial charge in [-0.15, -0.1) is 11.8 Å². The zero-order valence-electron chi connectivity index (χ0n) is 16.0. The lowest BCUT2D eigenvalue weighted by atomic mass is 10.1. The van der Waals surface area contributed by atoms with Crippen LogP contribution in [0.4, 0.5) is 10.1 Å². The lowest BCUT2D eigenvalue weighted by Gasteiger charge is -2.17. The van der Waals surface area contributed by atoms with Gasteiger partial charge in [0, 0.05) is 36.6 Å². The monoisotopic (exact) mass is 415 g/mol. The van der Waals surface area contributed by atoms with Gasteiger partial charge in [0.05, 0.1) is 11.5 Å². The van der Waals surface area contributed by atoms with Gasteiger partial charge in [-0.1, -0.05) is 12.1 Å². The quantitative estimate of drug-likeness (QED) is 0.538. The molecule has 2 aromatic carbocycles. The minimum absolute atomic E-state index is 0.0386. The summed E-state index contributed by atoms with van der Waals surface area (Å²) in [6.07, 6.45) is 2.13. The van der Waals surface area contributed by atoms with Crippen LogP contribution >= 0.6 is 11.8 Å². The summed E-state index contributed by atoms with van der Waals surface area (Å²) in [5, 5.41) is 5.29. The van der Waals surface area contributed by atoms with E-state index in [4.69, 9.17) is 0 Å². The van der Waals surface area contributed by atoms with Gasteiger partial charge in [0.2, 0.25) is 11.8 Å². The lowest BCUT2D eigenvalue weighted by Crippen LogP contribution is -2.38. The molecule has 0 spiro atoms. The SMILES string of the molecule is CSc1ccc(N2CC(C(=O)NCCNC(=O)c3ccccc3F)CC2=O)cc1. The van der Waals surface area contributed by atoms with E-state index in [1.165, 1.54) is 18.2 Å². The standard InChI is InChI=1S/C21H22FN3O3S/c1-29-16-8-6-15(7-9-16)25-13-14(12-19(25)26)20(27)23-10-11-24-21(28)17-4-2-3-5-18(17)22/h2-9,14H,10-13H2,1H3,(H,23,27)(H,24,28). The molecular formula is C21H22FN3O3S. The molecule has 1 saturated heterocycles. The Kier molecular flexibility index (Phi) is 6.87. The van der Waals surface area contributed by atoms with E-state index in [0.717, 1.165) is 10.6 Å². The highest BCUT2D eigenvalue weighted by atomic mass is 32.2. The summed E-state index contributed by atoms with van der Waals surface area (Å²) in [5.41, 5.74) is 0.739. The van der Waals surface area contributed by atoms with Crippen LogP contribution in [-0.2, 0) is 9.59 Å². The molecule has 29 heavy (non-hydrogen) atoms. The maximum atomic E-state index is 13.6. The zero-order chi connectivity index (χ0) is 20.8. The van der Waals surface area contributed by atoms with E-state index < -0.39 is 17.6 Å². The Morgan fingerprint density at radius 2 is 1.79 bits per heavy atom. The molecule has 0 aromatic heterocycles. The predicted molar refractivity (Wildman–Crippen MR) is 110 cm³/mol. The van der Waals surface area contributed by atoms with Gasteiger partial charge < -0.3 is 15.5 Å². The number of amides is 3. The van der Waals surface area contributed by atoms with E-state index in [-0.39, 0.29) is 36.9 Å². The second-order valence-electron chi connectivity index (χ2n) is 6.63. The van der Waals surface area contributed by atoms with Crippen LogP contribution in [0, 0.1) is 11.7 Å². The van der Waals surface area contributed by atoms with Crippen molar-refractivity contribution in [2.45, 2.75) is 11.3 Å². The number of rotatable bonds is 7. The number of hydrogen-bond donors (Lipinski definition) is 2. The molecule has 152 valence electrons. The molecule has 1 unspecified atom stereocenters. The van der Waals surface area contributed by atoms with Gasteiger partial charge in [-0.2, -0.15) is 0 Å². The number of thioether (sulfide) groups is 1. The van der Waals surface area contributed by atoms with E-state index in [1.807, 2.05) is 30.5 Å². The minimum Gasteiger partial charge on any atom is -0.354 e. The summed E-state index contributed by atoms with van der Waals surface area (Å²) >= 11 is 1.62. The number of nitrogens with zero attached hydrogens (tertiary/aromatic N) is 1. The normalized spacial score (nSPS) is 16.0. The van der Waals surface area contributed by atoms with Crippen LogP contribution in [0.25, 0.3) is 0 Å². The third kappa shape index (κ3) is 5.14. The highest BCUT2D eigenvalue weighted by Crippen LogP contribution is 2.27. The summed E-state index contributed by atoms with van der Waals surface area (Å²) in [4.78, 5) is 39.3. The van der Waals surface area contributed by atoms with Gasteiger partial charge in [0.25, 0.3) is 5.91 Å². The van der Waals surface area contributed by atoms with E-state index in [1.54, 1.807) is 22.7 Å². The molecule has 2 N–H and O–H groups in total. The molecule has 1 aliphatic rings. The van der Waals surface area contributed by atoms with Crippen molar-refractivity contribution in [1.29, 1.82) is 0 Å². The maximum absolute atomic E-state index is 13.6. The summed E-state index contributed by atoms with van der Waals surface area (Å²) in [6.45, 7) is 0.691. The Labute approximate surface area is 172 Å². The number of nitrogens with one attached hydrogen (secondary N) is 2. The molecule has 1 aliphatic heterocycles. The second-order valence-corrected chi connectivity index (χ2v) is 7.51. The highest BCUT2D eigenvalue weighted by Gasteiger charge is 2.34. The van der Waals surface area contributed by atoms with Crippen molar-refractivity contribution < 1.29 is 18.8 Å². The van der Waals surface area contributed by atoms with Crippen molar-refractivity contribution in [3.05, 3.63) is 59.9 Å². The first kappa shape index (κ1) is 20.9. The number of hydrogen-bond acceptors (Lipinski definition) is 4. The van der Waals surface area contributed by atoms with Crippen LogP contribution in [0.1, 0.15) is 16.8 Å². The molecule has 0 radical (unpaired) electrons. The van der Waals surface area contributed by atoms with Crippen molar-refractivity contribution in [3.8, 4) is 0 Å². The summed E-state index contributed by atoms with van der Waals surface area (Å²) < 4.78 is 13.6. The first-order valence-corrected chi connectivity index (χ1v) is 10.5. The van der Waals surface area contributed by atoms with E-state index in [9.17, 15) is 18.8 Å². The molecule has 0 saturated carbocycles. The van der Waals surface area contributed by atoms with Crippen LogP contribution < -0.4 is 15.5 Å². The fourth-order valence-corrected chi connectivity index (χ4v) is 3.55. The minimum atomic E-state index is -0.593. The molecule has 1 heterocycles.